The summed E-state index contributed by atoms with van der Waals surface area (Å²) in [6.07, 6.45) is -2.51. The first kappa shape index (κ1) is 9.86. The molecule has 0 spiro atoms. The summed E-state index contributed by atoms with van der Waals surface area (Å²) in [5.41, 5.74) is 0.247. The molecule has 0 radical (unpaired) electrons. The number of halogens is 4. The van der Waals surface area contributed by atoms with E-state index in [1.165, 1.54) is 13.0 Å². The Hall–Kier alpha value is -0.220. The van der Waals surface area contributed by atoms with Crippen molar-refractivity contribution in [1.82, 2.24) is 4.98 Å². The lowest BCUT2D eigenvalue weighted by Gasteiger charge is -2.05. The fourth-order valence-electron chi connectivity index (χ4n) is 0.792. The highest BCUT2D eigenvalue weighted by atomic mass is 79.9. The van der Waals surface area contributed by atoms with Crippen molar-refractivity contribution >= 4 is 27.5 Å². The Labute approximate surface area is 81.9 Å². The van der Waals surface area contributed by atoms with Gasteiger partial charge in [0.15, 0.2) is 0 Å². The maximum atomic E-state index is 12.3. The van der Waals surface area contributed by atoms with Crippen molar-refractivity contribution < 1.29 is 8.78 Å². The van der Waals surface area contributed by atoms with E-state index >= 15 is 0 Å². The molecule has 1 rings (SSSR count). The van der Waals surface area contributed by atoms with Crippen LogP contribution >= 0.6 is 27.5 Å². The average molecular weight is 256 g/mol. The van der Waals surface area contributed by atoms with E-state index in [1.807, 2.05) is 0 Å². The molecule has 0 saturated carbocycles. The van der Waals surface area contributed by atoms with E-state index in [4.69, 9.17) is 11.6 Å². The molecule has 0 aromatic carbocycles. The van der Waals surface area contributed by atoms with E-state index in [9.17, 15) is 8.78 Å². The van der Waals surface area contributed by atoms with Crippen LogP contribution in [-0.2, 0) is 0 Å². The molecule has 0 aliphatic heterocycles. The summed E-state index contributed by atoms with van der Waals surface area (Å²) < 4.78 is 24.9. The van der Waals surface area contributed by atoms with Crippen LogP contribution in [0.4, 0.5) is 8.78 Å². The Morgan fingerprint density at radius 2 is 2.17 bits per heavy atom. The molecule has 0 fully saturated rings. The summed E-state index contributed by atoms with van der Waals surface area (Å²) in [4.78, 5) is 3.76. The van der Waals surface area contributed by atoms with Crippen molar-refractivity contribution in [3.05, 3.63) is 26.9 Å². The molecular formula is C7H5BrClF2N. The Bertz CT molecular complexity index is 304. The Kier molecular flexibility index (Phi) is 3.01. The maximum Gasteiger partial charge on any atom is 0.264 e. The lowest BCUT2D eigenvalue weighted by molar-refractivity contribution is 0.150. The van der Waals surface area contributed by atoms with Crippen LogP contribution in [-0.4, -0.2) is 4.98 Å². The molecule has 0 unspecified atom stereocenters. The van der Waals surface area contributed by atoms with Crippen LogP contribution in [0.15, 0.2) is 10.7 Å². The molecule has 5 heteroatoms. The fourth-order valence-corrected chi connectivity index (χ4v) is 1.52. The lowest BCUT2D eigenvalue weighted by atomic mass is 10.2. The molecule has 0 aliphatic carbocycles. The largest absolute Gasteiger partial charge is 0.264 e. The third-order valence-corrected chi connectivity index (χ3v) is 2.23. The third kappa shape index (κ3) is 1.93. The standard InChI is InChI=1S/C7H5BrClF2N/c1-3-4(7(10)11)2-5(8)12-6(3)9/h2,7H,1H3. The number of alkyl halides is 2. The van der Waals surface area contributed by atoms with E-state index in [-0.39, 0.29) is 10.7 Å². The lowest BCUT2D eigenvalue weighted by Crippen LogP contribution is -1.93. The number of nitrogens with zero attached hydrogens (tertiary/aromatic N) is 1. The van der Waals surface area contributed by atoms with Crippen LogP contribution < -0.4 is 0 Å². The second-order valence-electron chi connectivity index (χ2n) is 2.25. The molecule has 0 amide bonds. The quantitative estimate of drug-likeness (QED) is 0.698. The van der Waals surface area contributed by atoms with Gasteiger partial charge in [-0.05, 0) is 34.5 Å². The van der Waals surface area contributed by atoms with E-state index in [2.05, 4.69) is 20.9 Å². The smallest absolute Gasteiger partial charge is 0.229 e. The first-order valence-corrected chi connectivity index (χ1v) is 4.30. The van der Waals surface area contributed by atoms with Crippen molar-refractivity contribution in [2.75, 3.05) is 0 Å². The maximum absolute atomic E-state index is 12.3. The van der Waals surface area contributed by atoms with Gasteiger partial charge in [-0.1, -0.05) is 11.6 Å². The average Bonchev–Trinajstić information content (AvgIpc) is 1.96. The number of hydrogen-bond donors (Lipinski definition) is 0. The normalized spacial score (nSPS) is 10.8. The van der Waals surface area contributed by atoms with Gasteiger partial charge in [-0.2, -0.15) is 0 Å². The van der Waals surface area contributed by atoms with Crippen LogP contribution in [0.5, 0.6) is 0 Å². The van der Waals surface area contributed by atoms with Crippen molar-refractivity contribution in [3.63, 3.8) is 0 Å². The molecule has 12 heavy (non-hydrogen) atoms. The van der Waals surface area contributed by atoms with Crippen LogP contribution in [0.2, 0.25) is 5.15 Å². The zero-order valence-electron chi connectivity index (χ0n) is 6.11. The number of pyridine rings is 1. The third-order valence-electron chi connectivity index (χ3n) is 1.46. The van der Waals surface area contributed by atoms with E-state index < -0.39 is 6.43 Å². The molecule has 1 aromatic rings. The monoisotopic (exact) mass is 255 g/mol. The highest BCUT2D eigenvalue weighted by molar-refractivity contribution is 9.10. The zero-order chi connectivity index (χ0) is 9.30. The van der Waals surface area contributed by atoms with Gasteiger partial charge in [-0.3, -0.25) is 0 Å². The van der Waals surface area contributed by atoms with Crippen molar-refractivity contribution in [3.8, 4) is 0 Å². The van der Waals surface area contributed by atoms with E-state index in [0.29, 0.717) is 10.2 Å². The fraction of sp³-hybridized carbons (Fsp3) is 0.286. The van der Waals surface area contributed by atoms with Gasteiger partial charge >= 0.3 is 0 Å². The van der Waals surface area contributed by atoms with Gasteiger partial charge in [0.1, 0.15) is 9.76 Å². The minimum absolute atomic E-state index is 0.0816. The SMILES string of the molecule is Cc1c(C(F)F)cc(Br)nc1Cl. The second-order valence-corrected chi connectivity index (χ2v) is 3.42. The van der Waals surface area contributed by atoms with Crippen LogP contribution in [0, 0.1) is 6.92 Å². The topological polar surface area (TPSA) is 12.9 Å². The van der Waals surface area contributed by atoms with Gasteiger partial charge in [0.05, 0.1) is 0 Å². The predicted octanol–water partition coefficient (Wildman–Crippen LogP) is 3.74. The van der Waals surface area contributed by atoms with Gasteiger partial charge in [-0.25, -0.2) is 13.8 Å². The Balaban J connectivity index is 3.28. The van der Waals surface area contributed by atoms with Crippen LogP contribution in [0.3, 0.4) is 0 Å². The molecule has 0 N–H and O–H groups in total. The summed E-state index contributed by atoms with van der Waals surface area (Å²) in [6, 6.07) is 1.27. The van der Waals surface area contributed by atoms with Gasteiger partial charge in [-0.15, -0.1) is 0 Å². The zero-order valence-corrected chi connectivity index (χ0v) is 8.46. The molecular weight excluding hydrogens is 251 g/mol. The molecule has 1 heterocycles. The minimum atomic E-state index is -2.51. The molecule has 66 valence electrons. The first-order valence-electron chi connectivity index (χ1n) is 3.13. The molecule has 0 saturated heterocycles. The van der Waals surface area contributed by atoms with Gasteiger partial charge < -0.3 is 0 Å². The molecule has 0 aliphatic rings. The molecule has 0 bridgehead atoms. The molecule has 0 atom stereocenters. The van der Waals surface area contributed by atoms with Gasteiger partial charge in [0.2, 0.25) is 0 Å². The Morgan fingerprint density at radius 3 is 2.67 bits per heavy atom. The summed E-state index contributed by atoms with van der Waals surface area (Å²) in [5, 5.41) is 0.111. The highest BCUT2D eigenvalue weighted by Crippen LogP contribution is 2.28. The van der Waals surface area contributed by atoms with Crippen LogP contribution in [0.25, 0.3) is 0 Å². The number of hydrogen-bond acceptors (Lipinski definition) is 1. The highest BCUT2D eigenvalue weighted by Gasteiger charge is 2.14. The first-order chi connectivity index (χ1) is 5.52. The van der Waals surface area contributed by atoms with Crippen molar-refractivity contribution in [1.29, 1.82) is 0 Å². The van der Waals surface area contributed by atoms with E-state index in [1.54, 1.807) is 0 Å². The van der Waals surface area contributed by atoms with Crippen LogP contribution in [0.1, 0.15) is 17.6 Å². The summed E-state index contributed by atoms with van der Waals surface area (Å²) in [6.45, 7) is 1.52. The number of rotatable bonds is 1. The molecule has 1 aromatic heterocycles. The second kappa shape index (κ2) is 3.66. The summed E-state index contributed by atoms with van der Waals surface area (Å²) in [7, 11) is 0. The van der Waals surface area contributed by atoms with Gasteiger partial charge in [0, 0.05) is 5.56 Å². The Morgan fingerprint density at radius 1 is 1.58 bits per heavy atom. The van der Waals surface area contributed by atoms with E-state index in [0.717, 1.165) is 0 Å². The summed E-state index contributed by atoms with van der Waals surface area (Å²) >= 11 is 8.58. The predicted molar refractivity (Wildman–Crippen MR) is 46.6 cm³/mol. The number of aromatic nitrogens is 1. The minimum Gasteiger partial charge on any atom is -0.229 e. The summed E-state index contributed by atoms with van der Waals surface area (Å²) in [5.74, 6) is 0. The van der Waals surface area contributed by atoms with Crippen molar-refractivity contribution in [2.24, 2.45) is 0 Å². The van der Waals surface area contributed by atoms with Gasteiger partial charge in [0.25, 0.3) is 6.43 Å². The van der Waals surface area contributed by atoms with Crippen molar-refractivity contribution in [2.45, 2.75) is 13.3 Å². The molecule has 1 nitrogen and oxygen atoms in total.